The molecule has 0 rings (SSSR count). The molecule has 0 unspecified atom stereocenters. The lowest BCUT2D eigenvalue weighted by molar-refractivity contribution is -0.142. The standard InChI is InChI=1S/C9H14O4/c1-3-5-7(6-8(10)11)9(12)13-4-2/h5H,3-4,6H2,1-2H3,(H,10,11)/b7-5+. The van der Waals surface area contributed by atoms with Crippen molar-refractivity contribution in [3.05, 3.63) is 11.6 Å². The van der Waals surface area contributed by atoms with Gasteiger partial charge in [0.1, 0.15) is 0 Å². The molecule has 1 N–H and O–H groups in total. The van der Waals surface area contributed by atoms with Gasteiger partial charge in [0.2, 0.25) is 0 Å². The van der Waals surface area contributed by atoms with E-state index in [9.17, 15) is 9.59 Å². The highest BCUT2D eigenvalue weighted by Gasteiger charge is 2.13. The van der Waals surface area contributed by atoms with Gasteiger partial charge >= 0.3 is 11.9 Å². The molecule has 13 heavy (non-hydrogen) atoms. The summed E-state index contributed by atoms with van der Waals surface area (Å²) in [6, 6.07) is 0. The first-order chi connectivity index (χ1) is 6.11. The van der Waals surface area contributed by atoms with Gasteiger partial charge in [0.05, 0.1) is 13.0 Å². The summed E-state index contributed by atoms with van der Waals surface area (Å²) in [6.45, 7) is 3.78. The van der Waals surface area contributed by atoms with Crippen molar-refractivity contribution in [1.29, 1.82) is 0 Å². The summed E-state index contributed by atoms with van der Waals surface area (Å²) in [4.78, 5) is 21.5. The minimum Gasteiger partial charge on any atom is -0.481 e. The molecule has 74 valence electrons. The lowest BCUT2D eigenvalue weighted by atomic mass is 10.1. The number of carbonyl (C=O) groups is 2. The third kappa shape index (κ3) is 5.00. The van der Waals surface area contributed by atoms with Gasteiger partial charge in [-0.25, -0.2) is 4.79 Å². The Labute approximate surface area is 77.2 Å². The molecule has 0 atom stereocenters. The van der Waals surface area contributed by atoms with Gasteiger partial charge < -0.3 is 9.84 Å². The quantitative estimate of drug-likeness (QED) is 0.520. The molecular weight excluding hydrogens is 172 g/mol. The van der Waals surface area contributed by atoms with E-state index in [1.165, 1.54) is 0 Å². The molecular formula is C9H14O4. The highest BCUT2D eigenvalue weighted by molar-refractivity contribution is 5.93. The van der Waals surface area contributed by atoms with Crippen molar-refractivity contribution in [3.8, 4) is 0 Å². The molecule has 0 radical (unpaired) electrons. The number of hydrogen-bond donors (Lipinski definition) is 1. The summed E-state index contributed by atoms with van der Waals surface area (Å²) in [7, 11) is 0. The minimum absolute atomic E-state index is 0.219. The number of ether oxygens (including phenoxy) is 1. The average Bonchev–Trinajstić information content (AvgIpc) is 2.03. The van der Waals surface area contributed by atoms with Crippen LogP contribution in [0, 0.1) is 0 Å². The second-order valence-electron chi connectivity index (χ2n) is 2.43. The van der Waals surface area contributed by atoms with Gasteiger partial charge in [-0.1, -0.05) is 13.0 Å². The number of rotatable bonds is 5. The molecule has 0 aromatic carbocycles. The summed E-state index contributed by atoms with van der Waals surface area (Å²) in [6.07, 6.45) is 1.93. The van der Waals surface area contributed by atoms with E-state index in [2.05, 4.69) is 4.74 Å². The Morgan fingerprint density at radius 3 is 2.38 bits per heavy atom. The summed E-state index contributed by atoms with van der Waals surface area (Å²) >= 11 is 0. The highest BCUT2D eigenvalue weighted by atomic mass is 16.5. The topological polar surface area (TPSA) is 63.6 Å². The zero-order valence-corrected chi connectivity index (χ0v) is 7.87. The van der Waals surface area contributed by atoms with Crippen molar-refractivity contribution >= 4 is 11.9 Å². The van der Waals surface area contributed by atoms with Crippen molar-refractivity contribution in [2.45, 2.75) is 26.7 Å². The number of aliphatic carboxylic acids is 1. The van der Waals surface area contributed by atoms with Crippen LogP contribution < -0.4 is 0 Å². The third-order valence-electron chi connectivity index (χ3n) is 1.33. The first-order valence-electron chi connectivity index (χ1n) is 4.19. The molecule has 0 aromatic heterocycles. The smallest absolute Gasteiger partial charge is 0.334 e. The van der Waals surface area contributed by atoms with E-state index in [4.69, 9.17) is 5.11 Å². The number of carbonyl (C=O) groups excluding carboxylic acids is 1. The molecule has 0 amide bonds. The molecule has 0 heterocycles. The normalized spacial score (nSPS) is 11.1. The fourth-order valence-electron chi connectivity index (χ4n) is 0.861. The first kappa shape index (κ1) is 11.7. The van der Waals surface area contributed by atoms with Crippen LogP contribution in [-0.4, -0.2) is 23.7 Å². The van der Waals surface area contributed by atoms with Gasteiger partial charge in [-0.3, -0.25) is 4.79 Å². The number of hydrogen-bond acceptors (Lipinski definition) is 3. The third-order valence-corrected chi connectivity index (χ3v) is 1.33. The van der Waals surface area contributed by atoms with E-state index in [0.717, 1.165) is 0 Å². The van der Waals surface area contributed by atoms with Crippen LogP contribution in [0.15, 0.2) is 11.6 Å². The number of esters is 1. The Bertz CT molecular complexity index is 218. The number of carboxylic acids is 1. The summed E-state index contributed by atoms with van der Waals surface area (Å²) in [5.74, 6) is -1.56. The highest BCUT2D eigenvalue weighted by Crippen LogP contribution is 2.05. The van der Waals surface area contributed by atoms with Gasteiger partial charge in [0.15, 0.2) is 0 Å². The van der Waals surface area contributed by atoms with Gasteiger partial charge in [-0.15, -0.1) is 0 Å². The van der Waals surface area contributed by atoms with E-state index in [1.807, 2.05) is 6.92 Å². The SMILES string of the molecule is CC/C=C(\CC(=O)O)C(=O)OCC. The van der Waals surface area contributed by atoms with Crippen LogP contribution in [0.4, 0.5) is 0 Å². The second kappa shape index (κ2) is 6.22. The average molecular weight is 186 g/mol. The van der Waals surface area contributed by atoms with Crippen LogP contribution in [0.5, 0.6) is 0 Å². The fourth-order valence-corrected chi connectivity index (χ4v) is 0.861. The molecule has 0 aliphatic heterocycles. The van der Waals surface area contributed by atoms with E-state index < -0.39 is 11.9 Å². The molecule has 0 bridgehead atoms. The lowest BCUT2D eigenvalue weighted by Crippen LogP contribution is -2.11. The molecule has 0 spiro atoms. The van der Waals surface area contributed by atoms with Crippen LogP contribution in [-0.2, 0) is 14.3 Å². The number of carboxylic acid groups (broad SMARTS) is 1. The van der Waals surface area contributed by atoms with Crippen LogP contribution in [0.25, 0.3) is 0 Å². The van der Waals surface area contributed by atoms with Crippen molar-refractivity contribution in [2.75, 3.05) is 6.61 Å². The van der Waals surface area contributed by atoms with Crippen molar-refractivity contribution in [2.24, 2.45) is 0 Å². The number of allylic oxidation sites excluding steroid dienone is 1. The summed E-state index contributed by atoms with van der Waals surface area (Å²) in [5.41, 5.74) is 0.219. The van der Waals surface area contributed by atoms with Crippen LogP contribution in [0.3, 0.4) is 0 Å². The van der Waals surface area contributed by atoms with E-state index in [1.54, 1.807) is 13.0 Å². The maximum atomic E-state index is 11.1. The van der Waals surface area contributed by atoms with Crippen molar-refractivity contribution in [1.82, 2.24) is 0 Å². The fraction of sp³-hybridized carbons (Fsp3) is 0.556. The van der Waals surface area contributed by atoms with Crippen LogP contribution >= 0.6 is 0 Å². The second-order valence-corrected chi connectivity index (χ2v) is 2.43. The largest absolute Gasteiger partial charge is 0.481 e. The maximum absolute atomic E-state index is 11.1. The molecule has 0 saturated carbocycles. The van der Waals surface area contributed by atoms with E-state index in [-0.39, 0.29) is 18.6 Å². The van der Waals surface area contributed by atoms with Crippen LogP contribution in [0.2, 0.25) is 0 Å². The Morgan fingerprint density at radius 2 is 2.00 bits per heavy atom. The van der Waals surface area contributed by atoms with Crippen LogP contribution in [0.1, 0.15) is 26.7 Å². The zero-order chi connectivity index (χ0) is 10.3. The van der Waals surface area contributed by atoms with E-state index in [0.29, 0.717) is 6.42 Å². The van der Waals surface area contributed by atoms with Gasteiger partial charge in [-0.05, 0) is 13.3 Å². The summed E-state index contributed by atoms with van der Waals surface area (Å²) < 4.78 is 4.69. The van der Waals surface area contributed by atoms with Gasteiger partial charge in [-0.2, -0.15) is 0 Å². The predicted molar refractivity (Wildman–Crippen MR) is 47.3 cm³/mol. The molecule has 0 fully saturated rings. The predicted octanol–water partition coefficient (Wildman–Crippen LogP) is 1.36. The van der Waals surface area contributed by atoms with Gasteiger partial charge in [0.25, 0.3) is 0 Å². The molecule has 0 aromatic rings. The summed E-state index contributed by atoms with van der Waals surface area (Å²) in [5, 5.41) is 8.48. The molecule has 4 heteroatoms. The Hall–Kier alpha value is -1.32. The van der Waals surface area contributed by atoms with Crippen molar-refractivity contribution in [3.63, 3.8) is 0 Å². The molecule has 0 saturated heterocycles. The Balaban J connectivity index is 4.33. The minimum atomic E-state index is -1.02. The molecule has 4 nitrogen and oxygen atoms in total. The monoisotopic (exact) mass is 186 g/mol. The Kier molecular flexibility index (Phi) is 5.59. The Morgan fingerprint density at radius 1 is 1.38 bits per heavy atom. The van der Waals surface area contributed by atoms with Crippen molar-refractivity contribution < 1.29 is 19.4 Å². The lowest BCUT2D eigenvalue weighted by Gasteiger charge is -2.03. The zero-order valence-electron chi connectivity index (χ0n) is 7.87. The molecule has 0 aliphatic rings. The maximum Gasteiger partial charge on any atom is 0.334 e. The van der Waals surface area contributed by atoms with E-state index >= 15 is 0 Å². The molecule has 0 aliphatic carbocycles. The van der Waals surface area contributed by atoms with Gasteiger partial charge in [0, 0.05) is 5.57 Å². The first-order valence-corrected chi connectivity index (χ1v) is 4.19.